The molecule has 0 saturated carbocycles. The Bertz CT molecular complexity index is 1280. The zero-order chi connectivity index (χ0) is 26.3. The van der Waals surface area contributed by atoms with Crippen LogP contribution in [0.4, 0.5) is 0 Å². The summed E-state index contributed by atoms with van der Waals surface area (Å²) in [6.07, 6.45) is -1.40. The number of ether oxygens (including phenoxy) is 3. The molecule has 0 aromatic heterocycles. The minimum absolute atomic E-state index is 0.288. The van der Waals surface area contributed by atoms with E-state index in [0.717, 1.165) is 21.5 Å². The fourth-order valence-corrected chi connectivity index (χ4v) is 6.10. The Morgan fingerprint density at radius 2 is 1.21 bits per heavy atom. The van der Waals surface area contributed by atoms with E-state index < -0.39 is 7.12 Å². The Morgan fingerprint density at radius 3 is 1.82 bits per heavy atom. The summed E-state index contributed by atoms with van der Waals surface area (Å²) < 4.78 is 32.8. The first-order valence-corrected chi connectivity index (χ1v) is 14.2. The second-order valence-corrected chi connectivity index (χ2v) is 10.8. The van der Waals surface area contributed by atoms with E-state index in [1.807, 2.05) is 84.9 Å². The van der Waals surface area contributed by atoms with E-state index in [-0.39, 0.29) is 29.9 Å². The van der Waals surface area contributed by atoms with Gasteiger partial charge < -0.3 is 23.5 Å². The van der Waals surface area contributed by atoms with Crippen LogP contribution in [0, 0.1) is 0 Å². The van der Waals surface area contributed by atoms with E-state index in [9.17, 15) is 0 Å². The summed E-state index contributed by atoms with van der Waals surface area (Å²) >= 11 is 1.65. The lowest BCUT2D eigenvalue weighted by atomic mass is 9.76. The molecule has 2 heterocycles. The van der Waals surface area contributed by atoms with Crippen molar-refractivity contribution in [2.45, 2.75) is 48.0 Å². The topological polar surface area (TPSA) is 46.2 Å². The molecule has 0 N–H and O–H groups in total. The van der Waals surface area contributed by atoms with Crippen LogP contribution in [-0.2, 0) is 36.7 Å². The van der Waals surface area contributed by atoms with Crippen molar-refractivity contribution in [1.82, 2.24) is 0 Å². The Balaban J connectivity index is 1.30. The van der Waals surface area contributed by atoms with Crippen molar-refractivity contribution in [3.05, 3.63) is 132 Å². The fraction of sp³-hybridized carbons (Fsp3) is 0.250. The molecule has 5 atom stereocenters. The minimum atomic E-state index is -0.494. The normalized spacial score (nSPS) is 24.7. The van der Waals surface area contributed by atoms with Crippen LogP contribution in [0.3, 0.4) is 0 Å². The number of fused-ring (bicyclic) bond motifs is 1. The third kappa shape index (κ3) is 6.64. The van der Waals surface area contributed by atoms with Crippen LogP contribution >= 0.6 is 11.8 Å². The van der Waals surface area contributed by atoms with Gasteiger partial charge in [-0.2, -0.15) is 0 Å². The molecule has 0 amide bonds. The molecule has 2 fully saturated rings. The maximum atomic E-state index is 6.69. The van der Waals surface area contributed by atoms with Gasteiger partial charge in [-0.05, 0) is 28.7 Å². The van der Waals surface area contributed by atoms with E-state index in [2.05, 4.69) is 36.4 Å². The van der Waals surface area contributed by atoms with Gasteiger partial charge in [-0.15, -0.1) is 0 Å². The third-order valence-corrected chi connectivity index (χ3v) is 8.08. The van der Waals surface area contributed by atoms with Crippen LogP contribution < -0.4 is 5.46 Å². The smallest absolute Gasteiger partial charge is 0.404 e. The van der Waals surface area contributed by atoms with Gasteiger partial charge in [-0.3, -0.25) is 0 Å². The van der Waals surface area contributed by atoms with Gasteiger partial charge in [0.25, 0.3) is 0 Å². The van der Waals surface area contributed by atoms with Gasteiger partial charge in [0.15, 0.2) is 0 Å². The van der Waals surface area contributed by atoms with Crippen LogP contribution in [0.15, 0.2) is 126 Å². The Hall–Kier alpha value is -2.91. The summed E-state index contributed by atoms with van der Waals surface area (Å²) in [4.78, 5) is 1.11. The van der Waals surface area contributed by atoms with Gasteiger partial charge in [0, 0.05) is 4.90 Å². The molecule has 39 heavy (non-hydrogen) atoms. The Labute approximate surface area is 234 Å². The molecule has 2 saturated heterocycles. The van der Waals surface area contributed by atoms with E-state index in [1.54, 1.807) is 11.8 Å². The molecule has 0 unspecified atom stereocenters. The maximum absolute atomic E-state index is 6.69. The predicted octanol–water partition coefficient (Wildman–Crippen LogP) is 5.49. The van der Waals surface area contributed by atoms with Crippen LogP contribution in [0.5, 0.6) is 0 Å². The van der Waals surface area contributed by atoms with E-state index >= 15 is 0 Å². The van der Waals surface area contributed by atoms with Crippen molar-refractivity contribution in [2.24, 2.45) is 0 Å². The highest BCUT2D eigenvalue weighted by molar-refractivity contribution is 7.99. The first kappa shape index (κ1) is 26.3. The van der Waals surface area contributed by atoms with Crippen molar-refractivity contribution in [2.75, 3.05) is 6.61 Å². The number of thioether (sulfide) groups is 1. The molecule has 7 heteroatoms. The van der Waals surface area contributed by atoms with Gasteiger partial charge in [-0.25, -0.2) is 0 Å². The van der Waals surface area contributed by atoms with Crippen molar-refractivity contribution < 1.29 is 23.5 Å². The predicted molar refractivity (Wildman–Crippen MR) is 154 cm³/mol. The standard InChI is InChI=1S/C32H31BO5S/c1-5-13-24(14-6-1)21-34-30-29-28(23-36-33(38-29)26-17-9-3-10-18-26)37-32(39-27-19-11-4-12-20-27)31(30)35-22-25-15-7-2-8-16-25/h1-20,28-32H,21-23H2/t28-,29-,30+,31+,32-/m1/s1. The molecule has 0 spiro atoms. The Morgan fingerprint density at radius 1 is 0.667 bits per heavy atom. The van der Waals surface area contributed by atoms with E-state index in [4.69, 9.17) is 23.5 Å². The van der Waals surface area contributed by atoms with Crippen LogP contribution in [0.25, 0.3) is 0 Å². The molecule has 0 radical (unpaired) electrons. The van der Waals surface area contributed by atoms with Crippen LogP contribution in [-0.4, -0.2) is 43.6 Å². The number of hydrogen-bond donors (Lipinski definition) is 0. The summed E-state index contributed by atoms with van der Waals surface area (Å²) in [5.41, 5.74) is 2.86. The molecular formula is C32H31BO5S. The zero-order valence-corrected chi connectivity index (χ0v) is 22.4. The van der Waals surface area contributed by atoms with Gasteiger partial charge in [0.2, 0.25) is 0 Å². The number of rotatable bonds is 9. The van der Waals surface area contributed by atoms with Gasteiger partial charge in [0.05, 0.1) is 19.8 Å². The monoisotopic (exact) mass is 538 g/mol. The lowest BCUT2D eigenvalue weighted by molar-refractivity contribution is -0.243. The summed E-state index contributed by atoms with van der Waals surface area (Å²) in [7, 11) is -0.494. The lowest BCUT2D eigenvalue weighted by Crippen LogP contribution is -2.65. The van der Waals surface area contributed by atoms with Crippen LogP contribution in [0.2, 0.25) is 0 Å². The largest absolute Gasteiger partial charge is 0.494 e. The number of hydrogen-bond acceptors (Lipinski definition) is 6. The van der Waals surface area contributed by atoms with Crippen molar-refractivity contribution >= 4 is 24.3 Å². The molecular weight excluding hydrogens is 507 g/mol. The lowest BCUT2D eigenvalue weighted by Gasteiger charge is -2.48. The molecule has 0 bridgehead atoms. The molecule has 198 valence electrons. The fourth-order valence-electron chi connectivity index (χ4n) is 4.95. The number of benzene rings is 4. The summed E-state index contributed by atoms with van der Waals surface area (Å²) in [6.45, 7) is 1.30. The minimum Gasteiger partial charge on any atom is -0.404 e. The second-order valence-electron chi connectivity index (χ2n) is 9.67. The van der Waals surface area contributed by atoms with Crippen molar-refractivity contribution in [3.63, 3.8) is 0 Å². The molecule has 5 nitrogen and oxygen atoms in total. The zero-order valence-electron chi connectivity index (χ0n) is 21.6. The summed E-state index contributed by atoms with van der Waals surface area (Å²) in [5.74, 6) is 0. The molecule has 4 aromatic rings. The SMILES string of the molecule is c1ccc(CO[C@@H]2[C@H](OCc3ccccc3)[C@@H](Sc3ccccc3)O[C@@H]3COB(c4ccccc4)O[C@@H]23)cc1. The highest BCUT2D eigenvalue weighted by Crippen LogP contribution is 2.39. The quantitative estimate of drug-likeness (QED) is 0.263. The second kappa shape index (κ2) is 13.0. The molecule has 2 aliphatic rings. The third-order valence-electron chi connectivity index (χ3n) is 6.92. The van der Waals surface area contributed by atoms with Gasteiger partial charge >= 0.3 is 7.12 Å². The first-order valence-electron chi connectivity index (χ1n) is 13.3. The maximum Gasteiger partial charge on any atom is 0.494 e. The van der Waals surface area contributed by atoms with E-state index in [0.29, 0.717) is 19.8 Å². The molecule has 4 aromatic carbocycles. The van der Waals surface area contributed by atoms with Crippen molar-refractivity contribution in [1.29, 1.82) is 0 Å². The molecule has 2 aliphatic heterocycles. The van der Waals surface area contributed by atoms with E-state index in [1.165, 1.54) is 0 Å². The summed E-state index contributed by atoms with van der Waals surface area (Å²) in [6, 6.07) is 40.7. The average molecular weight is 538 g/mol. The molecule has 0 aliphatic carbocycles. The highest BCUT2D eigenvalue weighted by Gasteiger charge is 2.52. The summed E-state index contributed by atoms with van der Waals surface area (Å²) in [5, 5.41) is 0. The highest BCUT2D eigenvalue weighted by atomic mass is 32.2. The Kier molecular flexibility index (Phi) is 8.75. The van der Waals surface area contributed by atoms with Gasteiger partial charge in [0.1, 0.15) is 29.9 Å². The molecule has 6 rings (SSSR count). The average Bonchev–Trinajstić information content (AvgIpc) is 3.01. The van der Waals surface area contributed by atoms with Crippen molar-refractivity contribution in [3.8, 4) is 0 Å². The van der Waals surface area contributed by atoms with Crippen LogP contribution in [0.1, 0.15) is 11.1 Å². The first-order chi connectivity index (χ1) is 19.3. The van der Waals surface area contributed by atoms with Gasteiger partial charge in [-0.1, -0.05) is 121 Å².